The van der Waals surface area contributed by atoms with Gasteiger partial charge in [0.25, 0.3) is 0 Å². The van der Waals surface area contributed by atoms with E-state index in [4.69, 9.17) is 5.73 Å². The van der Waals surface area contributed by atoms with Gasteiger partial charge in [-0.3, -0.25) is 4.68 Å². The van der Waals surface area contributed by atoms with E-state index in [-0.39, 0.29) is 5.75 Å². The van der Waals surface area contributed by atoms with Gasteiger partial charge in [0.15, 0.2) is 0 Å². The summed E-state index contributed by atoms with van der Waals surface area (Å²) in [6, 6.07) is 7.17. The molecular weight excluding hydrogens is 202 g/mol. The summed E-state index contributed by atoms with van der Waals surface area (Å²) in [6.07, 6.45) is 2.62. The van der Waals surface area contributed by atoms with Gasteiger partial charge in [0.05, 0.1) is 11.9 Å². The smallest absolute Gasteiger partial charge is 0.116 e. The van der Waals surface area contributed by atoms with Gasteiger partial charge in [-0.05, 0) is 30.7 Å². The van der Waals surface area contributed by atoms with Crippen LogP contribution in [0.4, 0.5) is 0 Å². The van der Waals surface area contributed by atoms with E-state index in [0.717, 1.165) is 23.2 Å². The average Bonchev–Trinajstić information content (AvgIpc) is 2.60. The minimum Gasteiger partial charge on any atom is -0.508 e. The number of aryl methyl sites for hydroxylation is 1. The first kappa shape index (κ1) is 10.7. The van der Waals surface area contributed by atoms with Gasteiger partial charge >= 0.3 is 0 Å². The zero-order chi connectivity index (χ0) is 11.5. The molecule has 0 radical (unpaired) electrons. The van der Waals surface area contributed by atoms with Crippen molar-refractivity contribution in [2.75, 3.05) is 6.54 Å². The molecular formula is C12H15N3O. The molecule has 0 aliphatic heterocycles. The van der Waals surface area contributed by atoms with Crippen molar-refractivity contribution in [3.05, 3.63) is 36.0 Å². The Morgan fingerprint density at radius 1 is 1.44 bits per heavy atom. The molecule has 0 spiro atoms. The summed E-state index contributed by atoms with van der Waals surface area (Å²) in [5.41, 5.74) is 8.64. The van der Waals surface area contributed by atoms with Gasteiger partial charge in [0.1, 0.15) is 5.75 Å². The van der Waals surface area contributed by atoms with Crippen LogP contribution in [0.3, 0.4) is 0 Å². The summed E-state index contributed by atoms with van der Waals surface area (Å²) in [7, 11) is 1.89. The molecule has 84 valence electrons. The van der Waals surface area contributed by atoms with Crippen LogP contribution in [0, 0.1) is 0 Å². The zero-order valence-electron chi connectivity index (χ0n) is 9.22. The van der Waals surface area contributed by atoms with Gasteiger partial charge < -0.3 is 10.8 Å². The highest BCUT2D eigenvalue weighted by atomic mass is 16.3. The first-order valence-electron chi connectivity index (χ1n) is 5.22. The minimum atomic E-state index is 0.261. The number of nitrogens with two attached hydrogens (primary N) is 1. The Kier molecular flexibility index (Phi) is 2.92. The Hall–Kier alpha value is -1.81. The molecule has 2 aromatic rings. The predicted octanol–water partition coefficient (Wildman–Crippen LogP) is 1.29. The Balaban J connectivity index is 2.50. The van der Waals surface area contributed by atoms with Gasteiger partial charge in [-0.15, -0.1) is 0 Å². The van der Waals surface area contributed by atoms with Gasteiger partial charge in [-0.25, -0.2) is 0 Å². The van der Waals surface area contributed by atoms with E-state index < -0.39 is 0 Å². The lowest BCUT2D eigenvalue weighted by Crippen LogP contribution is -2.04. The van der Waals surface area contributed by atoms with Crippen molar-refractivity contribution in [2.45, 2.75) is 6.42 Å². The molecule has 0 atom stereocenters. The summed E-state index contributed by atoms with van der Waals surface area (Å²) >= 11 is 0. The molecule has 0 aliphatic rings. The quantitative estimate of drug-likeness (QED) is 0.814. The molecule has 0 saturated carbocycles. The van der Waals surface area contributed by atoms with Crippen molar-refractivity contribution >= 4 is 0 Å². The lowest BCUT2D eigenvalue weighted by Gasteiger charge is -2.06. The Morgan fingerprint density at radius 3 is 2.94 bits per heavy atom. The summed E-state index contributed by atoms with van der Waals surface area (Å²) in [6.45, 7) is 0.595. The number of benzene rings is 1. The summed E-state index contributed by atoms with van der Waals surface area (Å²) in [4.78, 5) is 0. The maximum atomic E-state index is 9.47. The molecule has 0 saturated heterocycles. The topological polar surface area (TPSA) is 64.1 Å². The van der Waals surface area contributed by atoms with Crippen LogP contribution in [-0.2, 0) is 13.5 Å². The van der Waals surface area contributed by atoms with E-state index in [1.165, 1.54) is 0 Å². The molecule has 1 aromatic carbocycles. The maximum absolute atomic E-state index is 9.47. The van der Waals surface area contributed by atoms with Crippen molar-refractivity contribution < 1.29 is 5.11 Å². The second-order valence-electron chi connectivity index (χ2n) is 3.73. The highest BCUT2D eigenvalue weighted by molar-refractivity contribution is 5.64. The molecule has 0 aliphatic carbocycles. The van der Waals surface area contributed by atoms with Gasteiger partial charge in [0.2, 0.25) is 0 Å². The van der Waals surface area contributed by atoms with E-state index in [2.05, 4.69) is 5.10 Å². The normalized spacial score (nSPS) is 10.6. The van der Waals surface area contributed by atoms with Crippen LogP contribution in [0.15, 0.2) is 30.5 Å². The van der Waals surface area contributed by atoms with Crippen molar-refractivity contribution in [2.24, 2.45) is 12.8 Å². The SMILES string of the molecule is Cn1ncc(CCN)c1-c1cccc(O)c1. The highest BCUT2D eigenvalue weighted by Gasteiger charge is 2.10. The van der Waals surface area contributed by atoms with Crippen LogP contribution in [-0.4, -0.2) is 21.4 Å². The predicted molar refractivity (Wildman–Crippen MR) is 63.1 cm³/mol. The van der Waals surface area contributed by atoms with Crippen molar-refractivity contribution in [1.82, 2.24) is 9.78 Å². The van der Waals surface area contributed by atoms with Crippen LogP contribution < -0.4 is 5.73 Å². The van der Waals surface area contributed by atoms with E-state index in [1.807, 2.05) is 25.4 Å². The first-order chi connectivity index (χ1) is 7.72. The molecule has 0 unspecified atom stereocenters. The number of phenolic OH excluding ortho intramolecular Hbond substituents is 1. The molecule has 2 rings (SSSR count). The van der Waals surface area contributed by atoms with Crippen LogP contribution >= 0.6 is 0 Å². The van der Waals surface area contributed by atoms with E-state index in [9.17, 15) is 5.11 Å². The third kappa shape index (κ3) is 1.92. The molecule has 16 heavy (non-hydrogen) atoms. The molecule has 3 N–H and O–H groups in total. The van der Waals surface area contributed by atoms with E-state index >= 15 is 0 Å². The monoisotopic (exact) mass is 217 g/mol. The number of hydrogen-bond acceptors (Lipinski definition) is 3. The standard InChI is InChI=1S/C12H15N3O/c1-15-12(10(5-6-13)8-14-15)9-3-2-4-11(16)7-9/h2-4,7-8,16H,5-6,13H2,1H3. The molecule has 0 fully saturated rings. The fourth-order valence-corrected chi connectivity index (χ4v) is 1.85. The lowest BCUT2D eigenvalue weighted by atomic mass is 10.1. The third-order valence-corrected chi connectivity index (χ3v) is 2.55. The van der Waals surface area contributed by atoms with Crippen LogP contribution in [0.5, 0.6) is 5.75 Å². The minimum absolute atomic E-state index is 0.261. The molecule has 4 heteroatoms. The van der Waals surface area contributed by atoms with Crippen LogP contribution in [0.2, 0.25) is 0 Å². The second-order valence-corrected chi connectivity index (χ2v) is 3.73. The fourth-order valence-electron chi connectivity index (χ4n) is 1.85. The zero-order valence-corrected chi connectivity index (χ0v) is 9.22. The summed E-state index contributed by atoms with van der Waals surface area (Å²) < 4.78 is 1.81. The average molecular weight is 217 g/mol. The fraction of sp³-hybridized carbons (Fsp3) is 0.250. The van der Waals surface area contributed by atoms with Crippen molar-refractivity contribution in [3.63, 3.8) is 0 Å². The molecule has 4 nitrogen and oxygen atoms in total. The number of phenols is 1. The summed E-state index contributed by atoms with van der Waals surface area (Å²) in [5, 5.41) is 13.7. The Labute approximate surface area is 94.3 Å². The highest BCUT2D eigenvalue weighted by Crippen LogP contribution is 2.26. The third-order valence-electron chi connectivity index (χ3n) is 2.55. The number of aromatic nitrogens is 2. The molecule has 1 heterocycles. The largest absolute Gasteiger partial charge is 0.508 e. The van der Waals surface area contributed by atoms with Gasteiger partial charge in [-0.1, -0.05) is 12.1 Å². The van der Waals surface area contributed by atoms with Gasteiger partial charge in [0, 0.05) is 12.6 Å². The number of nitrogens with zero attached hydrogens (tertiary/aromatic N) is 2. The van der Waals surface area contributed by atoms with Crippen molar-refractivity contribution in [3.8, 4) is 17.0 Å². The lowest BCUT2D eigenvalue weighted by molar-refractivity contribution is 0.475. The Bertz CT molecular complexity index is 491. The van der Waals surface area contributed by atoms with Crippen LogP contribution in [0.1, 0.15) is 5.56 Å². The van der Waals surface area contributed by atoms with E-state index in [0.29, 0.717) is 6.54 Å². The number of rotatable bonds is 3. The molecule has 1 aromatic heterocycles. The van der Waals surface area contributed by atoms with Crippen molar-refractivity contribution in [1.29, 1.82) is 0 Å². The van der Waals surface area contributed by atoms with E-state index in [1.54, 1.807) is 16.8 Å². The first-order valence-corrected chi connectivity index (χ1v) is 5.22. The number of aromatic hydroxyl groups is 1. The second kappa shape index (κ2) is 4.37. The summed E-state index contributed by atoms with van der Waals surface area (Å²) in [5.74, 6) is 0.261. The Morgan fingerprint density at radius 2 is 2.25 bits per heavy atom. The van der Waals surface area contributed by atoms with Crippen LogP contribution in [0.25, 0.3) is 11.3 Å². The number of hydrogen-bond donors (Lipinski definition) is 2. The molecule has 0 amide bonds. The van der Waals surface area contributed by atoms with Gasteiger partial charge in [-0.2, -0.15) is 5.10 Å². The molecule has 0 bridgehead atoms. The maximum Gasteiger partial charge on any atom is 0.116 e.